The first-order valence-electron chi connectivity index (χ1n) is 7.03. The van der Waals surface area contributed by atoms with Crippen LogP contribution in [0.5, 0.6) is 0 Å². The van der Waals surface area contributed by atoms with Crippen LogP contribution in [-0.4, -0.2) is 35.5 Å². The zero-order valence-corrected chi connectivity index (χ0v) is 11.2. The van der Waals surface area contributed by atoms with Crippen molar-refractivity contribution in [1.29, 1.82) is 0 Å². The average molecular weight is 279 g/mol. The fourth-order valence-electron chi connectivity index (χ4n) is 3.39. The zero-order valence-electron chi connectivity index (χ0n) is 11.2. The fourth-order valence-corrected chi connectivity index (χ4v) is 3.39. The minimum atomic E-state index is -0.745. The average Bonchev–Trinajstić information content (AvgIpc) is 2.87. The number of nitro benzene ring substituents is 1. The molecule has 5 nitrogen and oxygen atoms in total. The monoisotopic (exact) mass is 279 g/mol. The van der Waals surface area contributed by atoms with Gasteiger partial charge in [0.2, 0.25) is 5.82 Å². The lowest BCUT2D eigenvalue weighted by atomic mass is 9.91. The molecule has 2 heterocycles. The molecule has 0 spiro atoms. The lowest BCUT2D eigenvalue weighted by Gasteiger charge is -2.37. The Morgan fingerprint density at radius 3 is 3.05 bits per heavy atom. The molecule has 1 N–H and O–H groups in total. The first kappa shape index (κ1) is 13.5. The summed E-state index contributed by atoms with van der Waals surface area (Å²) in [6.07, 6.45) is 2.42. The van der Waals surface area contributed by atoms with Gasteiger partial charge in [0.1, 0.15) is 0 Å². The van der Waals surface area contributed by atoms with Crippen molar-refractivity contribution in [1.82, 2.24) is 10.2 Å². The van der Waals surface area contributed by atoms with E-state index in [4.69, 9.17) is 0 Å². The molecule has 0 amide bonds. The number of benzene rings is 1. The molecule has 1 aromatic rings. The van der Waals surface area contributed by atoms with Crippen molar-refractivity contribution in [3.8, 4) is 0 Å². The molecule has 20 heavy (non-hydrogen) atoms. The molecule has 2 saturated heterocycles. The van der Waals surface area contributed by atoms with E-state index in [0.717, 1.165) is 31.6 Å². The van der Waals surface area contributed by atoms with Crippen molar-refractivity contribution in [2.75, 3.05) is 19.6 Å². The van der Waals surface area contributed by atoms with E-state index in [1.54, 1.807) is 6.07 Å². The standard InChI is InChI=1S/C14H18FN3O2/c15-12-6-10(3-4-13(12)18(19)20)9-17-5-1-2-11-7-16-8-14(11)17/h3-4,6,11,14,16H,1-2,5,7-9H2. The molecule has 2 unspecified atom stereocenters. The second-order valence-corrected chi connectivity index (χ2v) is 5.64. The third-order valence-electron chi connectivity index (χ3n) is 4.39. The van der Waals surface area contributed by atoms with Gasteiger partial charge in [0.15, 0.2) is 0 Å². The summed E-state index contributed by atoms with van der Waals surface area (Å²) in [4.78, 5) is 12.3. The van der Waals surface area contributed by atoms with Crippen molar-refractivity contribution in [2.45, 2.75) is 25.4 Å². The van der Waals surface area contributed by atoms with Gasteiger partial charge in [-0.2, -0.15) is 4.39 Å². The number of fused-ring (bicyclic) bond motifs is 1. The summed E-state index contributed by atoms with van der Waals surface area (Å²) in [6, 6.07) is 4.73. The van der Waals surface area contributed by atoms with Gasteiger partial charge < -0.3 is 5.32 Å². The van der Waals surface area contributed by atoms with Gasteiger partial charge >= 0.3 is 5.69 Å². The van der Waals surface area contributed by atoms with Gasteiger partial charge in [-0.3, -0.25) is 15.0 Å². The molecule has 0 aliphatic carbocycles. The van der Waals surface area contributed by atoms with Crippen LogP contribution in [0.4, 0.5) is 10.1 Å². The predicted molar refractivity (Wildman–Crippen MR) is 72.8 cm³/mol. The highest BCUT2D eigenvalue weighted by Gasteiger charge is 2.34. The second kappa shape index (κ2) is 5.46. The Morgan fingerprint density at radius 2 is 2.30 bits per heavy atom. The van der Waals surface area contributed by atoms with Gasteiger partial charge in [0.05, 0.1) is 4.92 Å². The van der Waals surface area contributed by atoms with Crippen LogP contribution in [0, 0.1) is 21.8 Å². The van der Waals surface area contributed by atoms with Gasteiger partial charge in [-0.25, -0.2) is 0 Å². The minimum Gasteiger partial charge on any atom is -0.315 e. The van der Waals surface area contributed by atoms with Gasteiger partial charge in [0, 0.05) is 25.2 Å². The van der Waals surface area contributed by atoms with Crippen LogP contribution < -0.4 is 5.32 Å². The lowest BCUT2D eigenvalue weighted by molar-refractivity contribution is -0.387. The van der Waals surface area contributed by atoms with E-state index in [9.17, 15) is 14.5 Å². The first-order chi connectivity index (χ1) is 9.65. The molecule has 2 atom stereocenters. The number of hydrogen-bond acceptors (Lipinski definition) is 4. The van der Waals surface area contributed by atoms with Crippen molar-refractivity contribution in [2.24, 2.45) is 5.92 Å². The van der Waals surface area contributed by atoms with E-state index in [0.29, 0.717) is 18.5 Å². The molecule has 2 aliphatic rings. The van der Waals surface area contributed by atoms with Gasteiger partial charge in [0.25, 0.3) is 0 Å². The Balaban J connectivity index is 1.74. The van der Waals surface area contributed by atoms with E-state index < -0.39 is 16.4 Å². The van der Waals surface area contributed by atoms with Gasteiger partial charge in [-0.15, -0.1) is 0 Å². The third-order valence-corrected chi connectivity index (χ3v) is 4.39. The minimum absolute atomic E-state index is 0.451. The summed E-state index contributed by atoms with van der Waals surface area (Å²) in [6.45, 7) is 3.73. The summed E-state index contributed by atoms with van der Waals surface area (Å²) >= 11 is 0. The quantitative estimate of drug-likeness (QED) is 0.678. The molecule has 0 bridgehead atoms. The summed E-state index contributed by atoms with van der Waals surface area (Å²) < 4.78 is 13.7. The van der Waals surface area contributed by atoms with Crippen LogP contribution in [0.2, 0.25) is 0 Å². The topological polar surface area (TPSA) is 58.4 Å². The summed E-state index contributed by atoms with van der Waals surface area (Å²) in [5, 5.41) is 14.0. The number of likely N-dealkylation sites (tertiary alicyclic amines) is 1. The Labute approximate surface area is 116 Å². The molecule has 6 heteroatoms. The van der Waals surface area contributed by atoms with Crippen LogP contribution in [0.25, 0.3) is 0 Å². The Morgan fingerprint density at radius 1 is 1.45 bits per heavy atom. The van der Waals surface area contributed by atoms with E-state index >= 15 is 0 Å². The Kier molecular flexibility index (Phi) is 3.67. The third kappa shape index (κ3) is 2.53. The highest BCUT2D eigenvalue weighted by atomic mass is 19.1. The highest BCUT2D eigenvalue weighted by molar-refractivity contribution is 5.35. The molecule has 108 valence electrons. The molecule has 0 radical (unpaired) electrons. The number of nitro groups is 1. The number of hydrogen-bond donors (Lipinski definition) is 1. The van der Waals surface area contributed by atoms with Crippen LogP contribution in [0.1, 0.15) is 18.4 Å². The van der Waals surface area contributed by atoms with E-state index in [-0.39, 0.29) is 0 Å². The molecular weight excluding hydrogens is 261 g/mol. The SMILES string of the molecule is O=[N+]([O-])c1ccc(CN2CCCC3CNCC32)cc1F. The molecule has 1 aromatic carbocycles. The number of piperidine rings is 1. The van der Waals surface area contributed by atoms with Crippen molar-refractivity contribution in [3.05, 3.63) is 39.7 Å². The van der Waals surface area contributed by atoms with Crippen molar-refractivity contribution < 1.29 is 9.31 Å². The van der Waals surface area contributed by atoms with E-state index in [1.807, 2.05) is 0 Å². The molecule has 2 fully saturated rings. The molecular formula is C14H18FN3O2. The first-order valence-corrected chi connectivity index (χ1v) is 7.03. The second-order valence-electron chi connectivity index (χ2n) is 5.64. The summed E-state index contributed by atoms with van der Waals surface area (Å²) in [5.41, 5.74) is 0.355. The predicted octanol–water partition coefficient (Wildman–Crippen LogP) is 1.92. The zero-order chi connectivity index (χ0) is 14.1. The summed E-state index contributed by atoms with van der Waals surface area (Å²) in [7, 11) is 0. The molecule has 0 aromatic heterocycles. The number of halogens is 1. The molecule has 0 saturated carbocycles. The lowest BCUT2D eigenvalue weighted by Crippen LogP contribution is -2.44. The van der Waals surface area contributed by atoms with Gasteiger partial charge in [-0.1, -0.05) is 6.07 Å². The van der Waals surface area contributed by atoms with Crippen LogP contribution in [-0.2, 0) is 6.54 Å². The molecule has 3 rings (SSSR count). The van der Waals surface area contributed by atoms with Crippen LogP contribution in [0.3, 0.4) is 0 Å². The number of rotatable bonds is 3. The number of nitrogens with zero attached hydrogens (tertiary/aromatic N) is 2. The van der Waals surface area contributed by atoms with E-state index in [1.165, 1.54) is 18.6 Å². The van der Waals surface area contributed by atoms with E-state index in [2.05, 4.69) is 10.2 Å². The van der Waals surface area contributed by atoms with Crippen LogP contribution >= 0.6 is 0 Å². The van der Waals surface area contributed by atoms with Crippen molar-refractivity contribution >= 4 is 5.69 Å². The maximum atomic E-state index is 13.7. The highest BCUT2D eigenvalue weighted by Crippen LogP contribution is 2.28. The summed E-state index contributed by atoms with van der Waals surface area (Å²) in [5.74, 6) is -0.0581. The smallest absolute Gasteiger partial charge is 0.304 e. The fraction of sp³-hybridized carbons (Fsp3) is 0.571. The van der Waals surface area contributed by atoms with Crippen molar-refractivity contribution in [3.63, 3.8) is 0 Å². The molecule has 2 aliphatic heterocycles. The Hall–Kier alpha value is -1.53. The largest absolute Gasteiger partial charge is 0.315 e. The maximum Gasteiger partial charge on any atom is 0.304 e. The van der Waals surface area contributed by atoms with Crippen LogP contribution in [0.15, 0.2) is 18.2 Å². The maximum absolute atomic E-state index is 13.7. The Bertz CT molecular complexity index is 523. The van der Waals surface area contributed by atoms with Gasteiger partial charge in [-0.05, 0) is 43.5 Å². The normalized spacial score (nSPS) is 26.4. The number of nitrogens with one attached hydrogen (secondary N) is 1.